The number of methoxy groups -OCH3 is 1. The number of benzene rings is 1. The highest BCUT2D eigenvalue weighted by Gasteiger charge is 2.09. The number of rotatable bonds is 7. The Morgan fingerprint density at radius 1 is 1.45 bits per heavy atom. The Labute approximate surface area is 116 Å². The summed E-state index contributed by atoms with van der Waals surface area (Å²) in [6.07, 6.45) is 3.61. The number of ether oxygens (including phenoxy) is 1. The summed E-state index contributed by atoms with van der Waals surface area (Å²) in [4.78, 5) is 10.4. The largest absolute Gasteiger partial charge is 0.496 e. The molecule has 2 aromatic rings. The van der Waals surface area contributed by atoms with Gasteiger partial charge >= 0.3 is 0 Å². The maximum atomic E-state index is 10.8. The zero-order valence-electron chi connectivity index (χ0n) is 11.2. The van der Waals surface area contributed by atoms with Gasteiger partial charge in [0.25, 0.3) is 5.69 Å². The zero-order chi connectivity index (χ0) is 14.4. The van der Waals surface area contributed by atoms with Crippen LogP contribution in [0.3, 0.4) is 0 Å². The van der Waals surface area contributed by atoms with Crippen LogP contribution in [0.2, 0.25) is 0 Å². The van der Waals surface area contributed by atoms with Crippen molar-refractivity contribution in [2.24, 2.45) is 0 Å². The van der Waals surface area contributed by atoms with Crippen molar-refractivity contribution in [2.45, 2.75) is 13.1 Å². The second-order valence-corrected chi connectivity index (χ2v) is 4.24. The SMILES string of the molecule is COc1cc(CNCCn2cccn2)cc([N+](=O)[O-])c1. The summed E-state index contributed by atoms with van der Waals surface area (Å²) in [5, 5.41) is 18.1. The number of nitro groups is 1. The Morgan fingerprint density at radius 3 is 2.95 bits per heavy atom. The van der Waals surface area contributed by atoms with Crippen molar-refractivity contribution in [3.05, 3.63) is 52.3 Å². The van der Waals surface area contributed by atoms with E-state index in [-0.39, 0.29) is 5.69 Å². The minimum atomic E-state index is -0.421. The predicted octanol–water partition coefficient (Wildman–Crippen LogP) is 1.59. The predicted molar refractivity (Wildman–Crippen MR) is 73.6 cm³/mol. The van der Waals surface area contributed by atoms with Crippen molar-refractivity contribution in [3.8, 4) is 5.75 Å². The Bertz CT molecular complexity index is 569. The van der Waals surface area contributed by atoms with E-state index in [1.165, 1.54) is 13.2 Å². The fourth-order valence-electron chi connectivity index (χ4n) is 1.83. The van der Waals surface area contributed by atoms with E-state index in [9.17, 15) is 10.1 Å². The molecule has 7 nitrogen and oxygen atoms in total. The van der Waals surface area contributed by atoms with E-state index < -0.39 is 4.92 Å². The lowest BCUT2D eigenvalue weighted by Crippen LogP contribution is -2.19. The van der Waals surface area contributed by atoms with Crippen LogP contribution in [0.25, 0.3) is 0 Å². The lowest BCUT2D eigenvalue weighted by atomic mass is 10.2. The molecule has 0 atom stereocenters. The van der Waals surface area contributed by atoms with Gasteiger partial charge in [0, 0.05) is 31.5 Å². The van der Waals surface area contributed by atoms with Crippen LogP contribution in [0.5, 0.6) is 5.75 Å². The minimum absolute atomic E-state index is 0.0354. The van der Waals surface area contributed by atoms with Gasteiger partial charge in [0.1, 0.15) is 5.75 Å². The molecular formula is C13H16N4O3. The fourth-order valence-corrected chi connectivity index (χ4v) is 1.83. The highest BCUT2D eigenvalue weighted by atomic mass is 16.6. The minimum Gasteiger partial charge on any atom is -0.496 e. The first-order valence-corrected chi connectivity index (χ1v) is 6.19. The molecule has 0 fully saturated rings. The molecule has 0 bridgehead atoms. The zero-order valence-corrected chi connectivity index (χ0v) is 11.2. The van der Waals surface area contributed by atoms with Crippen LogP contribution >= 0.6 is 0 Å². The molecule has 0 spiro atoms. The summed E-state index contributed by atoms with van der Waals surface area (Å²) in [5.74, 6) is 0.489. The molecule has 0 radical (unpaired) electrons. The molecular weight excluding hydrogens is 260 g/mol. The van der Waals surface area contributed by atoms with Crippen LogP contribution < -0.4 is 10.1 Å². The Kier molecular flexibility index (Phi) is 4.67. The number of nitrogens with one attached hydrogen (secondary N) is 1. The average molecular weight is 276 g/mol. The summed E-state index contributed by atoms with van der Waals surface area (Å²) in [6.45, 7) is 2.02. The monoisotopic (exact) mass is 276 g/mol. The number of nitrogens with zero attached hydrogens (tertiary/aromatic N) is 3. The smallest absolute Gasteiger partial charge is 0.273 e. The van der Waals surface area contributed by atoms with Crippen LogP contribution in [-0.2, 0) is 13.1 Å². The van der Waals surface area contributed by atoms with Gasteiger partial charge in [-0.3, -0.25) is 14.8 Å². The van der Waals surface area contributed by atoms with Crippen molar-refractivity contribution >= 4 is 5.69 Å². The molecule has 0 aliphatic carbocycles. The standard InChI is InChI=1S/C13H16N4O3/c1-20-13-8-11(7-12(9-13)17(18)19)10-14-4-6-16-5-2-3-15-16/h2-3,5,7-9,14H,4,6,10H2,1H3. The third-order valence-electron chi connectivity index (χ3n) is 2.80. The van der Waals surface area contributed by atoms with Gasteiger partial charge in [-0.25, -0.2) is 0 Å². The first kappa shape index (κ1) is 14.0. The van der Waals surface area contributed by atoms with Crippen molar-refractivity contribution in [3.63, 3.8) is 0 Å². The number of hydrogen-bond acceptors (Lipinski definition) is 5. The summed E-state index contributed by atoms with van der Waals surface area (Å²) < 4.78 is 6.89. The Balaban J connectivity index is 1.91. The van der Waals surface area contributed by atoms with Gasteiger partial charge in [-0.2, -0.15) is 5.10 Å². The number of hydrogen-bond donors (Lipinski definition) is 1. The number of non-ortho nitro benzene ring substituents is 1. The van der Waals surface area contributed by atoms with E-state index >= 15 is 0 Å². The van der Waals surface area contributed by atoms with Gasteiger partial charge in [-0.1, -0.05) is 0 Å². The van der Waals surface area contributed by atoms with Crippen LogP contribution in [0.4, 0.5) is 5.69 Å². The van der Waals surface area contributed by atoms with Crippen LogP contribution in [0.15, 0.2) is 36.7 Å². The lowest BCUT2D eigenvalue weighted by Gasteiger charge is -2.07. The van der Waals surface area contributed by atoms with E-state index in [2.05, 4.69) is 10.4 Å². The first-order valence-electron chi connectivity index (χ1n) is 6.19. The van der Waals surface area contributed by atoms with Gasteiger partial charge in [0.05, 0.1) is 24.6 Å². The summed E-state index contributed by atoms with van der Waals surface area (Å²) in [7, 11) is 1.49. The van der Waals surface area contributed by atoms with Crippen molar-refractivity contribution in [1.82, 2.24) is 15.1 Å². The Hall–Kier alpha value is -2.41. The van der Waals surface area contributed by atoms with Gasteiger partial charge in [-0.05, 0) is 17.7 Å². The molecule has 0 aliphatic heterocycles. The molecule has 0 saturated carbocycles. The van der Waals surface area contributed by atoms with E-state index in [0.717, 1.165) is 18.7 Å². The van der Waals surface area contributed by atoms with E-state index in [1.54, 1.807) is 18.3 Å². The van der Waals surface area contributed by atoms with Crippen molar-refractivity contribution in [1.29, 1.82) is 0 Å². The van der Waals surface area contributed by atoms with E-state index in [0.29, 0.717) is 12.3 Å². The van der Waals surface area contributed by atoms with Gasteiger partial charge in [-0.15, -0.1) is 0 Å². The van der Waals surface area contributed by atoms with Gasteiger partial charge in [0.2, 0.25) is 0 Å². The lowest BCUT2D eigenvalue weighted by molar-refractivity contribution is -0.385. The second-order valence-electron chi connectivity index (χ2n) is 4.24. The van der Waals surface area contributed by atoms with Gasteiger partial charge < -0.3 is 10.1 Å². The molecule has 2 rings (SSSR count). The summed E-state index contributed by atoms with van der Waals surface area (Å²) in [6, 6.07) is 6.61. The molecule has 0 amide bonds. The van der Waals surface area contributed by atoms with E-state index in [4.69, 9.17) is 4.74 Å². The van der Waals surface area contributed by atoms with Crippen molar-refractivity contribution in [2.75, 3.05) is 13.7 Å². The number of nitro benzene ring substituents is 1. The normalized spacial score (nSPS) is 10.4. The third-order valence-corrected chi connectivity index (χ3v) is 2.80. The van der Waals surface area contributed by atoms with Crippen molar-refractivity contribution < 1.29 is 9.66 Å². The maximum Gasteiger partial charge on any atom is 0.273 e. The number of aromatic nitrogens is 2. The average Bonchev–Trinajstić information content (AvgIpc) is 2.96. The molecule has 1 N–H and O–H groups in total. The molecule has 20 heavy (non-hydrogen) atoms. The third kappa shape index (κ3) is 3.79. The molecule has 7 heteroatoms. The Morgan fingerprint density at radius 2 is 2.30 bits per heavy atom. The van der Waals surface area contributed by atoms with Crippen LogP contribution in [-0.4, -0.2) is 28.4 Å². The molecule has 1 heterocycles. The van der Waals surface area contributed by atoms with Gasteiger partial charge in [0.15, 0.2) is 0 Å². The topological polar surface area (TPSA) is 82.2 Å². The first-order chi connectivity index (χ1) is 9.69. The van der Waals surface area contributed by atoms with E-state index in [1.807, 2.05) is 16.9 Å². The molecule has 1 aromatic heterocycles. The molecule has 0 saturated heterocycles. The quantitative estimate of drug-likeness (QED) is 0.472. The molecule has 1 aromatic carbocycles. The fraction of sp³-hybridized carbons (Fsp3) is 0.308. The highest BCUT2D eigenvalue weighted by Crippen LogP contribution is 2.22. The van der Waals surface area contributed by atoms with Crippen LogP contribution in [0, 0.1) is 10.1 Å². The molecule has 106 valence electrons. The summed E-state index contributed by atoms with van der Waals surface area (Å²) in [5.41, 5.74) is 0.852. The molecule has 0 unspecified atom stereocenters. The summed E-state index contributed by atoms with van der Waals surface area (Å²) >= 11 is 0. The second kappa shape index (κ2) is 6.67. The maximum absolute atomic E-state index is 10.8. The van der Waals surface area contributed by atoms with Crippen LogP contribution in [0.1, 0.15) is 5.56 Å². The molecule has 0 aliphatic rings. The highest BCUT2D eigenvalue weighted by molar-refractivity contribution is 5.42.